The molecule has 0 amide bonds. The van der Waals surface area contributed by atoms with Gasteiger partial charge in [0.25, 0.3) is 0 Å². The van der Waals surface area contributed by atoms with Crippen molar-refractivity contribution in [3.63, 3.8) is 0 Å². The summed E-state index contributed by atoms with van der Waals surface area (Å²) in [5.41, 5.74) is -0.0795. The van der Waals surface area contributed by atoms with Crippen LogP contribution >= 0.6 is 15.2 Å². The Bertz CT molecular complexity index is 456. The Hall–Kier alpha value is 0.410. The van der Waals surface area contributed by atoms with E-state index in [0.717, 1.165) is 6.20 Å². The quantitative estimate of drug-likeness (QED) is 0.290. The van der Waals surface area contributed by atoms with Gasteiger partial charge in [-0.15, -0.1) is 0 Å². The molecule has 98 valence electrons. The number of hydrogen-bond acceptors (Lipinski definition) is 4. The Balaban J connectivity index is 0. The van der Waals surface area contributed by atoms with E-state index < -0.39 is 26.7 Å². The molecular weight excluding hydrogens is 295 g/mol. The van der Waals surface area contributed by atoms with Crippen molar-refractivity contribution in [2.75, 3.05) is 0 Å². The average molecular weight is 307 g/mol. The van der Waals surface area contributed by atoms with Gasteiger partial charge < -0.3 is 26.1 Å². The minimum absolute atomic E-state index is 0. The number of aliphatic hydroxyl groups excluding tert-OH is 1. The Labute approximate surface area is 126 Å². The molecule has 0 spiro atoms. The molecule has 1 atom stereocenters. The molecule has 0 fully saturated rings. The number of aromatic nitrogens is 1. The zero-order valence-electron chi connectivity index (χ0n) is 10.4. The molecule has 1 aromatic rings. The van der Waals surface area contributed by atoms with E-state index in [4.69, 9.17) is 19.6 Å². The smallest absolute Gasteiger partial charge is 1.00 e. The Kier molecular flexibility index (Phi) is 6.87. The van der Waals surface area contributed by atoms with E-state index in [-0.39, 0.29) is 36.5 Å². The van der Waals surface area contributed by atoms with Crippen molar-refractivity contribution >= 4 is 15.2 Å². The topological polar surface area (TPSA) is 148 Å². The van der Waals surface area contributed by atoms with Crippen LogP contribution in [0.4, 0.5) is 0 Å². The van der Waals surface area contributed by atoms with Crippen molar-refractivity contribution in [2.45, 2.75) is 11.5 Å². The summed E-state index contributed by atoms with van der Waals surface area (Å²) >= 11 is 0. The van der Waals surface area contributed by atoms with E-state index in [2.05, 4.69) is 4.98 Å². The zero-order valence-corrected chi connectivity index (χ0v) is 13.1. The van der Waals surface area contributed by atoms with Gasteiger partial charge in [0.1, 0.15) is 6.10 Å². The van der Waals surface area contributed by atoms with Gasteiger partial charge >= 0.3 is 44.7 Å². The molecule has 1 heterocycles. The predicted molar refractivity (Wildman–Crippen MR) is 58.2 cm³/mol. The van der Waals surface area contributed by atoms with Crippen LogP contribution in [-0.2, 0) is 9.13 Å². The Morgan fingerprint density at radius 3 is 2.00 bits per heavy atom. The van der Waals surface area contributed by atoms with Gasteiger partial charge in [0.15, 0.2) is 5.40 Å². The summed E-state index contributed by atoms with van der Waals surface area (Å²) in [7, 11) is -10.3. The number of nitrogens with zero attached hydrogens (tertiary/aromatic N) is 1. The van der Waals surface area contributed by atoms with E-state index in [1.54, 1.807) is 0 Å². The molecule has 0 saturated heterocycles. The van der Waals surface area contributed by atoms with Crippen LogP contribution in [0.1, 0.15) is 13.1 Å². The zero-order chi connectivity index (χ0) is 13.3. The normalized spacial score (nSPS) is 14.1. The molecule has 18 heavy (non-hydrogen) atoms. The third kappa shape index (κ3) is 4.83. The van der Waals surface area contributed by atoms with Crippen LogP contribution in [0.25, 0.3) is 0 Å². The first-order valence-corrected chi connectivity index (χ1v) is 7.69. The summed E-state index contributed by atoms with van der Waals surface area (Å²) in [5, 5.41) is 7.14. The van der Waals surface area contributed by atoms with Crippen LogP contribution in [0.3, 0.4) is 0 Å². The number of hydrogen-bond donors (Lipinski definition) is 5. The summed E-state index contributed by atoms with van der Waals surface area (Å²) in [6, 6.07) is 2.63. The van der Waals surface area contributed by atoms with Gasteiger partial charge in [0, 0.05) is 18.0 Å². The first-order chi connectivity index (χ1) is 7.64. The molecule has 0 aliphatic rings. The summed E-state index contributed by atoms with van der Waals surface area (Å²) in [4.78, 5) is 39.1. The molecule has 0 saturated carbocycles. The first-order valence-electron chi connectivity index (χ1n) is 4.32. The summed E-state index contributed by atoms with van der Waals surface area (Å²) in [5.74, 6) is 0. The van der Waals surface area contributed by atoms with E-state index in [1.807, 2.05) is 0 Å². The number of pyridine rings is 1. The van der Waals surface area contributed by atoms with Gasteiger partial charge in [-0.25, -0.2) is 0 Å². The van der Waals surface area contributed by atoms with E-state index >= 15 is 0 Å². The maximum absolute atomic E-state index is 11.0. The van der Waals surface area contributed by atoms with Crippen LogP contribution in [0.15, 0.2) is 24.5 Å². The fraction of sp³-hybridized carbons (Fsp3) is 0.286. The molecule has 11 heteroatoms. The SMILES string of the molecule is O=P(O)(O)C(C(O)c1cccnc1)P(=O)(O)O.[H-].[Na+]. The third-order valence-electron chi connectivity index (χ3n) is 2.00. The molecule has 8 nitrogen and oxygen atoms in total. The van der Waals surface area contributed by atoms with Gasteiger partial charge in [-0.3, -0.25) is 14.1 Å². The van der Waals surface area contributed by atoms with Crippen LogP contribution in [0, 0.1) is 0 Å². The molecule has 0 bridgehead atoms. The van der Waals surface area contributed by atoms with E-state index in [1.165, 1.54) is 18.3 Å². The van der Waals surface area contributed by atoms with E-state index in [0.29, 0.717) is 0 Å². The minimum Gasteiger partial charge on any atom is -1.00 e. The maximum Gasteiger partial charge on any atom is 1.00 e. The first kappa shape index (κ1) is 18.4. The minimum atomic E-state index is -5.16. The van der Waals surface area contributed by atoms with Crippen molar-refractivity contribution in [3.8, 4) is 0 Å². The largest absolute Gasteiger partial charge is 1.00 e. The van der Waals surface area contributed by atoms with Crippen molar-refractivity contribution in [1.29, 1.82) is 0 Å². The standard InChI is InChI=1S/C7H11NO7P2.Na.H/c9-6(5-2-1-3-8-4-5)7(16(10,11)12)17(13,14)15;;/h1-4,6-7,9H,(H2,10,11,12)(H2,13,14,15);;/q;+1;-1. The molecule has 1 aromatic heterocycles. The van der Waals surface area contributed by atoms with Crippen LogP contribution in [0.5, 0.6) is 0 Å². The molecule has 0 aromatic carbocycles. The average Bonchev–Trinajstić information content (AvgIpc) is 2.14. The Morgan fingerprint density at radius 2 is 1.67 bits per heavy atom. The fourth-order valence-corrected chi connectivity index (χ4v) is 3.93. The van der Waals surface area contributed by atoms with Crippen LogP contribution in [-0.4, -0.2) is 35.1 Å². The number of rotatable bonds is 4. The monoisotopic (exact) mass is 307 g/mol. The molecule has 0 aliphatic heterocycles. The van der Waals surface area contributed by atoms with Gasteiger partial charge in [-0.2, -0.15) is 0 Å². The van der Waals surface area contributed by atoms with Crippen LogP contribution < -0.4 is 29.6 Å². The van der Waals surface area contributed by atoms with E-state index in [9.17, 15) is 14.2 Å². The molecule has 1 unspecified atom stereocenters. The Morgan fingerprint density at radius 1 is 1.17 bits per heavy atom. The fourth-order valence-electron chi connectivity index (χ4n) is 1.29. The summed E-state index contributed by atoms with van der Waals surface area (Å²) in [6.07, 6.45) is 0.425. The van der Waals surface area contributed by atoms with Gasteiger partial charge in [0.05, 0.1) is 0 Å². The predicted octanol–water partition coefficient (Wildman–Crippen LogP) is -3.09. The maximum atomic E-state index is 11.0. The molecule has 0 radical (unpaired) electrons. The van der Waals surface area contributed by atoms with Crippen molar-refractivity contribution < 1.29 is 64.8 Å². The van der Waals surface area contributed by atoms with Crippen molar-refractivity contribution in [3.05, 3.63) is 30.1 Å². The second-order valence-electron chi connectivity index (χ2n) is 3.32. The second-order valence-corrected chi connectivity index (χ2v) is 7.20. The van der Waals surface area contributed by atoms with Gasteiger partial charge in [0.2, 0.25) is 0 Å². The summed E-state index contributed by atoms with van der Waals surface area (Å²) < 4.78 is 22.0. The summed E-state index contributed by atoms with van der Waals surface area (Å²) in [6.45, 7) is 0. The van der Waals surface area contributed by atoms with Gasteiger partial charge in [-0.1, -0.05) is 6.07 Å². The van der Waals surface area contributed by atoms with Crippen molar-refractivity contribution in [1.82, 2.24) is 4.98 Å². The number of aliphatic hydroxyl groups is 1. The molecular formula is C7H12NNaO7P2. The molecule has 0 aliphatic carbocycles. The molecule has 1 rings (SSSR count). The second kappa shape index (κ2) is 6.72. The third-order valence-corrected chi connectivity index (χ3v) is 5.75. The van der Waals surface area contributed by atoms with Crippen molar-refractivity contribution in [2.24, 2.45) is 0 Å². The molecule has 5 N–H and O–H groups in total. The van der Waals surface area contributed by atoms with Crippen LogP contribution in [0.2, 0.25) is 0 Å². The van der Waals surface area contributed by atoms with Gasteiger partial charge in [-0.05, 0) is 6.07 Å².